The normalized spacial score (nSPS) is 29.1. The third kappa shape index (κ3) is 3.27. The molecule has 1 aromatic carbocycles. The first-order valence-electron chi connectivity index (χ1n) is 12.5. The number of fused-ring (bicyclic) bond motifs is 3. The van der Waals surface area contributed by atoms with Gasteiger partial charge in [-0.1, -0.05) is 25.1 Å². The fourth-order valence-electron chi connectivity index (χ4n) is 6.76. The Hall–Kier alpha value is -3.65. The number of amides is 1. The quantitative estimate of drug-likeness (QED) is 0.610. The molecule has 3 aromatic rings. The molecule has 2 aliphatic carbocycles. The zero-order chi connectivity index (χ0) is 24.9. The van der Waals surface area contributed by atoms with Crippen LogP contribution >= 0.6 is 0 Å². The second-order valence-electron chi connectivity index (χ2n) is 10.3. The van der Waals surface area contributed by atoms with Crippen molar-refractivity contribution in [2.24, 2.45) is 22.1 Å². The number of hydrogen-bond donors (Lipinski definition) is 1. The van der Waals surface area contributed by atoms with Crippen molar-refractivity contribution >= 4 is 11.9 Å². The van der Waals surface area contributed by atoms with Crippen molar-refractivity contribution in [2.45, 2.75) is 50.8 Å². The number of rotatable bonds is 4. The Morgan fingerprint density at radius 3 is 2.69 bits per heavy atom. The molecule has 3 heterocycles. The third-order valence-corrected chi connectivity index (χ3v) is 8.38. The molecule has 3 aliphatic rings. The first-order valence-corrected chi connectivity index (χ1v) is 12.5. The molecule has 1 saturated carbocycles. The number of carbonyl (C=O) groups excluding carboxylic acids is 1. The van der Waals surface area contributed by atoms with Crippen molar-refractivity contribution in [2.75, 3.05) is 7.11 Å². The molecule has 184 valence electrons. The standard InChI is InChI=1S/C28H30N6O2/c1-18-14-27(9-8-23(18)36-2)15-20-7-6-19(21-5-3-10-30-16-21)13-22(20)28(27)25(35)34(26(29)33-28)17-24-31-11-4-12-32-24/h3-7,10-13,16,18,23H,8-9,14-15,17H2,1-2H3,(H2,29,33)/t18-,23-,27-,28+/m0/s1. The second-order valence-corrected chi connectivity index (χ2v) is 10.3. The lowest BCUT2D eigenvalue weighted by atomic mass is 9.59. The predicted octanol–water partition coefficient (Wildman–Crippen LogP) is 3.47. The van der Waals surface area contributed by atoms with E-state index in [1.807, 2.05) is 18.3 Å². The van der Waals surface area contributed by atoms with Gasteiger partial charge >= 0.3 is 0 Å². The fraction of sp³-hybridized carbons (Fsp3) is 0.393. The van der Waals surface area contributed by atoms with E-state index in [9.17, 15) is 4.79 Å². The molecule has 1 amide bonds. The van der Waals surface area contributed by atoms with Gasteiger partial charge in [0.05, 0.1) is 12.6 Å². The van der Waals surface area contributed by atoms with Crippen LogP contribution in [0.1, 0.15) is 43.1 Å². The van der Waals surface area contributed by atoms with Crippen LogP contribution in [-0.2, 0) is 28.0 Å². The molecule has 0 saturated heterocycles. The molecule has 1 fully saturated rings. The maximum Gasteiger partial charge on any atom is 0.262 e. The summed E-state index contributed by atoms with van der Waals surface area (Å²) in [6.45, 7) is 2.41. The first-order chi connectivity index (χ1) is 17.5. The van der Waals surface area contributed by atoms with Crippen molar-refractivity contribution in [1.82, 2.24) is 19.9 Å². The lowest BCUT2D eigenvalue weighted by molar-refractivity contribution is -0.140. The maximum atomic E-state index is 14.5. The molecule has 6 rings (SSSR count). The van der Waals surface area contributed by atoms with E-state index in [2.05, 4.69) is 40.1 Å². The molecular formula is C28H30N6O2. The van der Waals surface area contributed by atoms with Gasteiger partial charge < -0.3 is 10.5 Å². The number of guanidine groups is 1. The van der Waals surface area contributed by atoms with Gasteiger partial charge in [-0.2, -0.15) is 0 Å². The van der Waals surface area contributed by atoms with Crippen LogP contribution in [0.3, 0.4) is 0 Å². The zero-order valence-corrected chi connectivity index (χ0v) is 20.6. The Morgan fingerprint density at radius 1 is 1.14 bits per heavy atom. The maximum absolute atomic E-state index is 14.5. The number of nitrogens with zero attached hydrogens (tertiary/aromatic N) is 5. The molecule has 1 aliphatic heterocycles. The summed E-state index contributed by atoms with van der Waals surface area (Å²) in [6, 6.07) is 12.1. The van der Waals surface area contributed by atoms with E-state index in [0.29, 0.717) is 11.7 Å². The van der Waals surface area contributed by atoms with Crippen LogP contribution in [0, 0.1) is 11.3 Å². The van der Waals surface area contributed by atoms with Crippen LogP contribution in [-0.4, -0.2) is 44.9 Å². The van der Waals surface area contributed by atoms with Gasteiger partial charge in [-0.25, -0.2) is 15.0 Å². The highest BCUT2D eigenvalue weighted by Gasteiger charge is 2.67. The molecule has 8 heteroatoms. The summed E-state index contributed by atoms with van der Waals surface area (Å²) in [7, 11) is 1.77. The van der Waals surface area contributed by atoms with Gasteiger partial charge in [-0.15, -0.1) is 0 Å². The summed E-state index contributed by atoms with van der Waals surface area (Å²) < 4.78 is 5.78. The van der Waals surface area contributed by atoms with Gasteiger partial charge in [0.25, 0.3) is 5.91 Å². The summed E-state index contributed by atoms with van der Waals surface area (Å²) >= 11 is 0. The highest BCUT2D eigenvalue weighted by molar-refractivity contribution is 6.08. The van der Waals surface area contributed by atoms with Crippen molar-refractivity contribution in [3.8, 4) is 11.1 Å². The van der Waals surface area contributed by atoms with Gasteiger partial charge in [0, 0.05) is 37.3 Å². The van der Waals surface area contributed by atoms with Crippen LogP contribution < -0.4 is 5.73 Å². The van der Waals surface area contributed by atoms with Gasteiger partial charge in [0.2, 0.25) is 0 Å². The van der Waals surface area contributed by atoms with Crippen LogP contribution in [0.2, 0.25) is 0 Å². The lowest BCUT2D eigenvalue weighted by Gasteiger charge is -2.47. The molecule has 0 bridgehead atoms. The Balaban J connectivity index is 1.49. The summed E-state index contributed by atoms with van der Waals surface area (Å²) in [6.07, 6.45) is 10.5. The largest absolute Gasteiger partial charge is 0.381 e. The van der Waals surface area contributed by atoms with Crippen LogP contribution in [0.5, 0.6) is 0 Å². The number of nitrogens with two attached hydrogens (primary N) is 1. The van der Waals surface area contributed by atoms with Crippen molar-refractivity contribution in [3.63, 3.8) is 0 Å². The smallest absolute Gasteiger partial charge is 0.262 e. The van der Waals surface area contributed by atoms with Gasteiger partial charge in [-0.3, -0.25) is 14.7 Å². The Bertz CT molecular complexity index is 1330. The van der Waals surface area contributed by atoms with Crippen LogP contribution in [0.15, 0.2) is 66.2 Å². The average Bonchev–Trinajstić information content (AvgIpc) is 3.31. The van der Waals surface area contributed by atoms with E-state index in [1.165, 1.54) is 0 Å². The minimum absolute atomic E-state index is 0.0855. The predicted molar refractivity (Wildman–Crippen MR) is 136 cm³/mol. The Morgan fingerprint density at radius 2 is 1.97 bits per heavy atom. The van der Waals surface area contributed by atoms with Gasteiger partial charge in [0.1, 0.15) is 5.82 Å². The summed E-state index contributed by atoms with van der Waals surface area (Å²) in [5.74, 6) is 0.975. The average molecular weight is 483 g/mol. The number of pyridine rings is 1. The molecule has 2 N–H and O–H groups in total. The molecule has 0 unspecified atom stereocenters. The summed E-state index contributed by atoms with van der Waals surface area (Å²) in [5.41, 5.74) is 9.21. The minimum Gasteiger partial charge on any atom is -0.381 e. The Kier molecular flexibility index (Phi) is 5.37. The molecule has 2 aromatic heterocycles. The highest BCUT2D eigenvalue weighted by atomic mass is 16.5. The number of carbonyl (C=O) groups is 1. The second kappa shape index (κ2) is 8.48. The van der Waals surface area contributed by atoms with E-state index < -0.39 is 5.54 Å². The van der Waals surface area contributed by atoms with E-state index in [4.69, 9.17) is 15.5 Å². The van der Waals surface area contributed by atoms with Crippen molar-refractivity contribution in [3.05, 3.63) is 78.1 Å². The monoisotopic (exact) mass is 482 g/mol. The number of methoxy groups -OCH3 is 1. The van der Waals surface area contributed by atoms with Gasteiger partial charge in [0.15, 0.2) is 11.5 Å². The molecule has 36 heavy (non-hydrogen) atoms. The van der Waals surface area contributed by atoms with Crippen LogP contribution in [0.4, 0.5) is 0 Å². The molecular weight excluding hydrogens is 452 g/mol. The van der Waals surface area contributed by atoms with Crippen molar-refractivity contribution in [1.29, 1.82) is 0 Å². The first kappa shape index (κ1) is 22.8. The number of aliphatic imine (C=N–C) groups is 1. The number of hydrogen-bond acceptors (Lipinski definition) is 7. The molecule has 0 radical (unpaired) electrons. The molecule has 8 nitrogen and oxygen atoms in total. The molecule has 2 spiro atoms. The summed E-state index contributed by atoms with van der Waals surface area (Å²) in [5, 5.41) is 0. The Labute approximate surface area is 210 Å². The van der Waals surface area contributed by atoms with Crippen LogP contribution in [0.25, 0.3) is 11.1 Å². The van der Waals surface area contributed by atoms with E-state index in [1.54, 1.807) is 36.7 Å². The topological polar surface area (TPSA) is 107 Å². The van der Waals surface area contributed by atoms with Crippen molar-refractivity contribution < 1.29 is 9.53 Å². The van der Waals surface area contributed by atoms with E-state index >= 15 is 0 Å². The fourth-order valence-corrected chi connectivity index (χ4v) is 6.76. The third-order valence-electron chi connectivity index (χ3n) is 8.38. The number of ether oxygens (including phenoxy) is 1. The highest BCUT2D eigenvalue weighted by Crippen LogP contribution is 2.63. The lowest BCUT2D eigenvalue weighted by Crippen LogP contribution is -2.53. The minimum atomic E-state index is -1.08. The molecule has 4 atom stereocenters. The van der Waals surface area contributed by atoms with E-state index in [-0.39, 0.29) is 29.9 Å². The van der Waals surface area contributed by atoms with Gasteiger partial charge in [-0.05, 0) is 72.1 Å². The summed E-state index contributed by atoms with van der Waals surface area (Å²) in [4.78, 5) is 34.1. The number of benzene rings is 1. The number of aromatic nitrogens is 3. The van der Waals surface area contributed by atoms with E-state index in [0.717, 1.165) is 47.9 Å². The SMILES string of the molecule is CO[C@H]1CC[C@@]2(Cc3ccc(-c4cccnc4)cc3[C@]23N=C(N)N(Cc2ncccn2)C3=O)C[C@@H]1C. The zero-order valence-electron chi connectivity index (χ0n) is 20.6.